The lowest BCUT2D eigenvalue weighted by molar-refractivity contribution is -0.145. The Bertz CT molecular complexity index is 199. The number of esters is 2. The average molecular weight is 232 g/mol. The summed E-state index contributed by atoms with van der Waals surface area (Å²) in [6.45, 7) is 11.2. The van der Waals surface area contributed by atoms with Gasteiger partial charge >= 0.3 is 11.9 Å². The predicted octanol–water partition coefficient (Wildman–Crippen LogP) is 2.55. The van der Waals surface area contributed by atoms with E-state index in [0.29, 0.717) is 12.5 Å². The highest BCUT2D eigenvalue weighted by Gasteiger charge is 1.99. The Hall–Kier alpha value is -1.06. The summed E-state index contributed by atoms with van der Waals surface area (Å²) in [4.78, 5) is 20.3. The van der Waals surface area contributed by atoms with Crippen molar-refractivity contribution in [3.05, 3.63) is 0 Å². The van der Waals surface area contributed by atoms with Gasteiger partial charge in [0.15, 0.2) is 0 Å². The van der Waals surface area contributed by atoms with Gasteiger partial charge in [0.1, 0.15) is 0 Å². The summed E-state index contributed by atoms with van der Waals surface area (Å²) in [5.41, 5.74) is 0. The fourth-order valence-corrected chi connectivity index (χ4v) is 0.651. The summed E-state index contributed by atoms with van der Waals surface area (Å²) in [5.74, 6) is 0.0527. The molecule has 0 aliphatic heterocycles. The van der Waals surface area contributed by atoms with E-state index in [1.54, 1.807) is 0 Å². The number of ether oxygens (including phenoxy) is 2. The molecule has 0 bridgehead atoms. The summed E-state index contributed by atoms with van der Waals surface area (Å²) in [6, 6.07) is 0. The van der Waals surface area contributed by atoms with Crippen LogP contribution < -0.4 is 0 Å². The van der Waals surface area contributed by atoms with E-state index in [-0.39, 0.29) is 18.0 Å². The Morgan fingerprint density at radius 2 is 1.56 bits per heavy atom. The van der Waals surface area contributed by atoms with Gasteiger partial charge in [-0.2, -0.15) is 0 Å². The van der Waals surface area contributed by atoms with Gasteiger partial charge in [0.2, 0.25) is 0 Å². The van der Waals surface area contributed by atoms with Crippen molar-refractivity contribution in [2.75, 3.05) is 6.61 Å². The number of rotatable bonds is 4. The first-order valence-electron chi connectivity index (χ1n) is 5.60. The lowest BCUT2D eigenvalue weighted by Crippen LogP contribution is -2.09. The molecule has 0 saturated heterocycles. The Kier molecular flexibility index (Phi) is 11.3. The van der Waals surface area contributed by atoms with Crippen LogP contribution in [-0.4, -0.2) is 24.6 Å². The Morgan fingerprint density at radius 3 is 1.69 bits per heavy atom. The lowest BCUT2D eigenvalue weighted by atomic mass is 10.2. The van der Waals surface area contributed by atoms with E-state index in [9.17, 15) is 9.59 Å². The third-order valence-corrected chi connectivity index (χ3v) is 1.56. The molecule has 0 rings (SSSR count). The molecule has 4 nitrogen and oxygen atoms in total. The van der Waals surface area contributed by atoms with Crippen LogP contribution in [0, 0.1) is 5.92 Å². The van der Waals surface area contributed by atoms with Gasteiger partial charge in [0.05, 0.1) is 12.7 Å². The van der Waals surface area contributed by atoms with Crippen molar-refractivity contribution >= 4 is 11.9 Å². The van der Waals surface area contributed by atoms with Crippen molar-refractivity contribution in [2.45, 2.75) is 54.1 Å². The van der Waals surface area contributed by atoms with Crippen LogP contribution in [0.5, 0.6) is 0 Å². The van der Waals surface area contributed by atoms with Crippen molar-refractivity contribution in [3.8, 4) is 0 Å². The maximum atomic E-state index is 10.2. The van der Waals surface area contributed by atoms with E-state index in [2.05, 4.69) is 4.74 Å². The molecule has 1 unspecified atom stereocenters. The fourth-order valence-electron chi connectivity index (χ4n) is 0.651. The monoisotopic (exact) mass is 232 g/mol. The molecule has 0 heterocycles. The molecule has 0 N–H and O–H groups in total. The molecule has 0 radical (unpaired) electrons. The van der Waals surface area contributed by atoms with E-state index >= 15 is 0 Å². The summed E-state index contributed by atoms with van der Waals surface area (Å²) < 4.78 is 9.42. The minimum absolute atomic E-state index is 0.0764. The average Bonchev–Trinajstić information content (AvgIpc) is 2.14. The molecule has 0 aliphatic carbocycles. The standard InChI is InChI=1S/2C6H12O2/c1-5(2)4-8-6(3)7;1-4-5(2)8-6(3)7/h2*5H,4H2,1-3H3. The molecule has 0 saturated carbocycles. The first-order chi connectivity index (χ1) is 7.29. The Morgan fingerprint density at radius 1 is 1.06 bits per heavy atom. The van der Waals surface area contributed by atoms with Gasteiger partial charge in [-0.3, -0.25) is 9.59 Å². The third kappa shape index (κ3) is 18.7. The lowest BCUT2D eigenvalue weighted by Gasteiger charge is -2.06. The smallest absolute Gasteiger partial charge is 0.302 e. The van der Waals surface area contributed by atoms with Gasteiger partial charge in [0, 0.05) is 13.8 Å². The van der Waals surface area contributed by atoms with Crippen LogP contribution >= 0.6 is 0 Å². The first kappa shape index (κ1) is 17.3. The molecule has 4 heteroatoms. The Balaban J connectivity index is 0. The van der Waals surface area contributed by atoms with E-state index in [1.807, 2.05) is 27.7 Å². The summed E-state index contributed by atoms with van der Waals surface area (Å²) in [5, 5.41) is 0. The van der Waals surface area contributed by atoms with E-state index in [1.165, 1.54) is 13.8 Å². The molecule has 0 aromatic carbocycles. The minimum atomic E-state index is -0.196. The van der Waals surface area contributed by atoms with Crippen molar-refractivity contribution in [1.82, 2.24) is 0 Å². The van der Waals surface area contributed by atoms with Gasteiger partial charge in [-0.15, -0.1) is 0 Å². The largest absolute Gasteiger partial charge is 0.466 e. The van der Waals surface area contributed by atoms with Gasteiger partial charge < -0.3 is 9.47 Å². The number of hydrogen-bond donors (Lipinski definition) is 0. The molecule has 0 aromatic rings. The van der Waals surface area contributed by atoms with Crippen molar-refractivity contribution < 1.29 is 19.1 Å². The number of carbonyl (C=O) groups excluding carboxylic acids is 2. The molecule has 0 amide bonds. The van der Waals surface area contributed by atoms with Crippen LogP contribution in [0.3, 0.4) is 0 Å². The van der Waals surface area contributed by atoms with Crippen LogP contribution in [-0.2, 0) is 19.1 Å². The van der Waals surface area contributed by atoms with E-state index in [0.717, 1.165) is 6.42 Å². The van der Waals surface area contributed by atoms with Crippen molar-refractivity contribution in [3.63, 3.8) is 0 Å². The molecule has 0 spiro atoms. The predicted molar refractivity (Wildman–Crippen MR) is 63.0 cm³/mol. The molecule has 0 aliphatic rings. The molecule has 96 valence electrons. The van der Waals surface area contributed by atoms with Crippen LogP contribution in [0.1, 0.15) is 48.0 Å². The second-order valence-corrected chi connectivity index (χ2v) is 4.02. The van der Waals surface area contributed by atoms with Crippen LogP contribution in [0.15, 0.2) is 0 Å². The van der Waals surface area contributed by atoms with Gasteiger partial charge in [-0.05, 0) is 19.3 Å². The first-order valence-corrected chi connectivity index (χ1v) is 5.60. The summed E-state index contributed by atoms with van der Waals surface area (Å²) >= 11 is 0. The van der Waals surface area contributed by atoms with Crippen LogP contribution in [0.4, 0.5) is 0 Å². The van der Waals surface area contributed by atoms with E-state index < -0.39 is 0 Å². The fraction of sp³-hybridized carbons (Fsp3) is 0.833. The van der Waals surface area contributed by atoms with Gasteiger partial charge in [-0.25, -0.2) is 0 Å². The molecule has 0 fully saturated rings. The van der Waals surface area contributed by atoms with Crippen molar-refractivity contribution in [2.24, 2.45) is 5.92 Å². The zero-order chi connectivity index (χ0) is 13.1. The summed E-state index contributed by atoms with van der Waals surface area (Å²) in [6.07, 6.45) is 0.965. The molecule has 0 aromatic heterocycles. The number of carbonyl (C=O) groups is 2. The Labute approximate surface area is 98.3 Å². The molecular formula is C12H24O4. The molecule has 1 atom stereocenters. The zero-order valence-electron chi connectivity index (χ0n) is 11.2. The topological polar surface area (TPSA) is 52.6 Å². The maximum Gasteiger partial charge on any atom is 0.302 e. The quantitative estimate of drug-likeness (QED) is 0.699. The third-order valence-electron chi connectivity index (χ3n) is 1.56. The highest BCUT2D eigenvalue weighted by atomic mass is 16.5. The van der Waals surface area contributed by atoms with Gasteiger partial charge in [0.25, 0.3) is 0 Å². The second kappa shape index (κ2) is 10.5. The van der Waals surface area contributed by atoms with Crippen LogP contribution in [0.2, 0.25) is 0 Å². The number of hydrogen-bond acceptors (Lipinski definition) is 4. The highest BCUT2D eigenvalue weighted by molar-refractivity contribution is 5.66. The van der Waals surface area contributed by atoms with Gasteiger partial charge in [-0.1, -0.05) is 20.8 Å². The van der Waals surface area contributed by atoms with Crippen molar-refractivity contribution in [1.29, 1.82) is 0 Å². The highest BCUT2D eigenvalue weighted by Crippen LogP contribution is 1.94. The molecule has 16 heavy (non-hydrogen) atoms. The minimum Gasteiger partial charge on any atom is -0.466 e. The maximum absolute atomic E-state index is 10.2. The SMILES string of the molecule is CC(=O)OCC(C)C.CCC(C)OC(C)=O. The zero-order valence-corrected chi connectivity index (χ0v) is 11.2. The van der Waals surface area contributed by atoms with Crippen LogP contribution in [0.25, 0.3) is 0 Å². The summed E-state index contributed by atoms with van der Waals surface area (Å²) in [7, 11) is 0. The molecular weight excluding hydrogens is 208 g/mol. The normalized spacial score (nSPS) is 11.2. The second-order valence-electron chi connectivity index (χ2n) is 4.02. The van der Waals surface area contributed by atoms with E-state index in [4.69, 9.17) is 4.74 Å².